The minimum absolute atomic E-state index is 0.0399. The van der Waals surface area contributed by atoms with E-state index in [4.69, 9.17) is 5.11 Å². The molecule has 2 N–H and O–H groups in total. The van der Waals surface area contributed by atoms with Crippen molar-refractivity contribution in [1.29, 1.82) is 0 Å². The molecule has 0 spiro atoms. The lowest BCUT2D eigenvalue weighted by molar-refractivity contribution is 0.350. The molecule has 0 bridgehead atoms. The Morgan fingerprint density at radius 2 is 2.25 bits per heavy atom. The second kappa shape index (κ2) is 5.92. The van der Waals surface area contributed by atoms with Crippen LogP contribution in [0.15, 0.2) is 23.1 Å². The lowest BCUT2D eigenvalue weighted by atomic mass is 10.2. The molecular weight excluding hydrogens is 281 g/mol. The summed E-state index contributed by atoms with van der Waals surface area (Å²) in [4.78, 5) is -0.105. The largest absolute Gasteiger partial charge is 0.384 e. The first-order valence-corrected chi connectivity index (χ1v) is 7.88. The van der Waals surface area contributed by atoms with Crippen molar-refractivity contribution in [3.8, 4) is 11.8 Å². The summed E-state index contributed by atoms with van der Waals surface area (Å²) in [7, 11) is -3.69. The molecular formula is C14H16FNO3S. The maximum absolute atomic E-state index is 13.7. The Labute approximate surface area is 118 Å². The third-order valence-electron chi connectivity index (χ3n) is 3.31. The summed E-state index contributed by atoms with van der Waals surface area (Å²) in [5, 5.41) is 8.55. The zero-order chi connectivity index (χ0) is 14.8. The zero-order valence-electron chi connectivity index (χ0n) is 11.1. The summed E-state index contributed by atoms with van der Waals surface area (Å²) < 4.78 is 40.4. The second-order valence-electron chi connectivity index (χ2n) is 4.73. The standard InChI is InChI=1S/C14H16FNO3S/c1-2-10-8-14(10)16-20(18,19)12-6-5-11(4-3-7-17)13(15)9-12/h5-6,9-10,14,16-17H,2,7-8H2,1H3. The molecule has 20 heavy (non-hydrogen) atoms. The topological polar surface area (TPSA) is 66.4 Å². The molecule has 4 nitrogen and oxygen atoms in total. The van der Waals surface area contributed by atoms with E-state index in [0.717, 1.165) is 18.9 Å². The fourth-order valence-electron chi connectivity index (χ4n) is 2.01. The van der Waals surface area contributed by atoms with Crippen molar-refractivity contribution < 1.29 is 17.9 Å². The van der Waals surface area contributed by atoms with E-state index in [2.05, 4.69) is 16.6 Å². The molecule has 2 rings (SSSR count). The number of aliphatic hydroxyl groups is 1. The van der Waals surface area contributed by atoms with Gasteiger partial charge in [-0.3, -0.25) is 0 Å². The van der Waals surface area contributed by atoms with E-state index >= 15 is 0 Å². The quantitative estimate of drug-likeness (QED) is 0.822. The molecule has 1 fully saturated rings. The van der Waals surface area contributed by atoms with E-state index < -0.39 is 15.8 Å². The number of halogens is 1. The number of benzene rings is 1. The Bertz CT molecular complexity index is 661. The van der Waals surface area contributed by atoms with Crippen LogP contribution in [0, 0.1) is 23.6 Å². The van der Waals surface area contributed by atoms with Crippen LogP contribution >= 0.6 is 0 Å². The van der Waals surface area contributed by atoms with Gasteiger partial charge in [0.2, 0.25) is 10.0 Å². The first kappa shape index (κ1) is 15.0. The molecule has 0 amide bonds. The number of aliphatic hydroxyl groups excluding tert-OH is 1. The van der Waals surface area contributed by atoms with Crippen LogP contribution in [-0.2, 0) is 10.0 Å². The summed E-state index contributed by atoms with van der Waals surface area (Å²) in [5.41, 5.74) is 0.0656. The van der Waals surface area contributed by atoms with Gasteiger partial charge < -0.3 is 5.11 Å². The van der Waals surface area contributed by atoms with Crippen molar-refractivity contribution in [3.63, 3.8) is 0 Å². The van der Waals surface area contributed by atoms with Crippen LogP contribution in [0.1, 0.15) is 25.3 Å². The van der Waals surface area contributed by atoms with Gasteiger partial charge in [0.05, 0.1) is 10.5 Å². The van der Waals surface area contributed by atoms with Gasteiger partial charge in [-0.05, 0) is 30.5 Å². The molecule has 0 heterocycles. The van der Waals surface area contributed by atoms with E-state index in [9.17, 15) is 12.8 Å². The van der Waals surface area contributed by atoms with E-state index in [1.165, 1.54) is 12.1 Å². The van der Waals surface area contributed by atoms with Crippen molar-refractivity contribution in [2.45, 2.75) is 30.7 Å². The molecule has 108 valence electrons. The Kier molecular flexibility index (Phi) is 4.43. The van der Waals surface area contributed by atoms with Crippen LogP contribution in [0.2, 0.25) is 0 Å². The zero-order valence-corrected chi connectivity index (χ0v) is 11.9. The van der Waals surface area contributed by atoms with Crippen LogP contribution < -0.4 is 4.72 Å². The summed E-state index contributed by atoms with van der Waals surface area (Å²) in [6.07, 6.45) is 1.76. The molecule has 0 aromatic heterocycles. The number of nitrogens with one attached hydrogen (secondary N) is 1. The molecule has 1 aliphatic carbocycles. The highest BCUT2D eigenvalue weighted by molar-refractivity contribution is 7.89. The minimum Gasteiger partial charge on any atom is -0.384 e. The number of rotatable bonds is 4. The Morgan fingerprint density at radius 1 is 1.50 bits per heavy atom. The summed E-state index contributed by atoms with van der Waals surface area (Å²) >= 11 is 0. The SMILES string of the molecule is CCC1CC1NS(=O)(=O)c1ccc(C#CCO)c(F)c1. The van der Waals surface area contributed by atoms with E-state index in [-0.39, 0.29) is 23.1 Å². The predicted octanol–water partition coefficient (Wildman–Crippen LogP) is 1.25. The third-order valence-corrected chi connectivity index (χ3v) is 4.79. The lowest BCUT2D eigenvalue weighted by Gasteiger charge is -2.06. The molecule has 1 saturated carbocycles. The van der Waals surface area contributed by atoms with E-state index in [1.807, 2.05) is 6.92 Å². The molecule has 1 aliphatic rings. The van der Waals surface area contributed by atoms with Crippen LogP contribution in [0.3, 0.4) is 0 Å². The molecule has 0 saturated heterocycles. The van der Waals surface area contributed by atoms with Gasteiger partial charge in [-0.15, -0.1) is 0 Å². The Hall–Kier alpha value is -1.42. The Morgan fingerprint density at radius 3 is 2.80 bits per heavy atom. The molecule has 6 heteroatoms. The molecule has 2 atom stereocenters. The van der Waals surface area contributed by atoms with Crippen molar-refractivity contribution in [1.82, 2.24) is 4.72 Å². The highest BCUT2D eigenvalue weighted by atomic mass is 32.2. The van der Waals surface area contributed by atoms with Crippen molar-refractivity contribution in [3.05, 3.63) is 29.6 Å². The highest BCUT2D eigenvalue weighted by Crippen LogP contribution is 2.34. The second-order valence-corrected chi connectivity index (χ2v) is 6.45. The highest BCUT2D eigenvalue weighted by Gasteiger charge is 2.38. The van der Waals surface area contributed by atoms with E-state index in [0.29, 0.717) is 5.92 Å². The van der Waals surface area contributed by atoms with Gasteiger partial charge >= 0.3 is 0 Å². The van der Waals surface area contributed by atoms with Crippen molar-refractivity contribution in [2.75, 3.05) is 6.61 Å². The first-order chi connectivity index (χ1) is 9.47. The van der Waals surface area contributed by atoms with Gasteiger partial charge in [0.15, 0.2) is 0 Å². The molecule has 1 aromatic carbocycles. The summed E-state index contributed by atoms with van der Waals surface area (Å²) in [6.45, 7) is 1.63. The fraction of sp³-hybridized carbons (Fsp3) is 0.429. The average Bonchev–Trinajstić information content (AvgIpc) is 3.14. The minimum atomic E-state index is -3.69. The molecule has 1 aromatic rings. The smallest absolute Gasteiger partial charge is 0.240 e. The van der Waals surface area contributed by atoms with E-state index in [1.54, 1.807) is 0 Å². The normalized spacial score (nSPS) is 21.1. The molecule has 2 unspecified atom stereocenters. The fourth-order valence-corrected chi connectivity index (χ4v) is 3.34. The van der Waals surface area contributed by atoms with Crippen molar-refractivity contribution >= 4 is 10.0 Å². The first-order valence-electron chi connectivity index (χ1n) is 6.39. The monoisotopic (exact) mass is 297 g/mol. The molecule has 0 aliphatic heterocycles. The Balaban J connectivity index is 2.18. The van der Waals surface area contributed by atoms with Crippen LogP contribution in [0.25, 0.3) is 0 Å². The summed E-state index contributed by atoms with van der Waals surface area (Å²) in [5.74, 6) is 4.41. The predicted molar refractivity (Wildman–Crippen MR) is 72.9 cm³/mol. The van der Waals surface area contributed by atoms with Gasteiger partial charge in [0.1, 0.15) is 12.4 Å². The van der Waals surface area contributed by atoms with Gasteiger partial charge in [-0.1, -0.05) is 25.2 Å². The van der Waals surface area contributed by atoms with Gasteiger partial charge in [-0.25, -0.2) is 17.5 Å². The maximum atomic E-state index is 13.7. The molecule has 0 radical (unpaired) electrons. The number of hydrogen-bond acceptors (Lipinski definition) is 3. The van der Waals surface area contributed by atoms with Gasteiger partial charge in [-0.2, -0.15) is 0 Å². The van der Waals surface area contributed by atoms with Crippen LogP contribution in [-0.4, -0.2) is 26.2 Å². The summed E-state index contributed by atoms with van der Waals surface area (Å²) in [6, 6.07) is 3.53. The van der Waals surface area contributed by atoms with Gasteiger partial charge in [0, 0.05) is 6.04 Å². The lowest BCUT2D eigenvalue weighted by Crippen LogP contribution is -2.27. The van der Waals surface area contributed by atoms with Crippen LogP contribution in [0.5, 0.6) is 0 Å². The number of hydrogen-bond donors (Lipinski definition) is 2. The van der Waals surface area contributed by atoms with Crippen LogP contribution in [0.4, 0.5) is 4.39 Å². The van der Waals surface area contributed by atoms with Gasteiger partial charge in [0.25, 0.3) is 0 Å². The average molecular weight is 297 g/mol. The maximum Gasteiger partial charge on any atom is 0.240 e. The third kappa shape index (κ3) is 3.37. The number of sulfonamides is 1. The van der Waals surface area contributed by atoms with Crippen molar-refractivity contribution in [2.24, 2.45) is 5.92 Å².